The zero-order valence-corrected chi connectivity index (χ0v) is 12.3. The fraction of sp³-hybridized carbons (Fsp3) is 0.533. The monoisotopic (exact) mass is 263 g/mol. The molecule has 4 nitrogen and oxygen atoms in total. The summed E-state index contributed by atoms with van der Waals surface area (Å²) in [5.41, 5.74) is 6.83. The summed E-state index contributed by atoms with van der Waals surface area (Å²) in [5, 5.41) is 3.04. The summed E-state index contributed by atoms with van der Waals surface area (Å²) in [6, 6.07) is 8.95. The highest BCUT2D eigenvalue weighted by molar-refractivity contribution is 5.83. The molecule has 2 atom stereocenters. The second-order valence-electron chi connectivity index (χ2n) is 5.51. The number of carbonyl (C=O) groups is 1. The summed E-state index contributed by atoms with van der Waals surface area (Å²) >= 11 is 0. The molecule has 0 fully saturated rings. The predicted octanol–water partition coefficient (Wildman–Crippen LogP) is 1.39. The first-order valence-corrected chi connectivity index (χ1v) is 6.67. The van der Waals surface area contributed by atoms with E-state index in [0.29, 0.717) is 5.92 Å². The number of likely N-dealkylation sites (N-methyl/N-ethyl adjacent to an activating group) is 1. The van der Waals surface area contributed by atoms with Crippen molar-refractivity contribution < 1.29 is 4.79 Å². The second kappa shape index (κ2) is 7.26. The number of nitrogens with two attached hydrogens (primary N) is 1. The maximum absolute atomic E-state index is 12.2. The number of benzene rings is 1. The minimum Gasteiger partial charge on any atom is -0.350 e. The van der Waals surface area contributed by atoms with Gasteiger partial charge in [-0.3, -0.25) is 4.79 Å². The van der Waals surface area contributed by atoms with Crippen molar-refractivity contribution in [3.63, 3.8) is 0 Å². The van der Waals surface area contributed by atoms with E-state index in [-0.39, 0.29) is 11.9 Å². The highest BCUT2D eigenvalue weighted by Crippen LogP contribution is 2.11. The third kappa shape index (κ3) is 5.01. The van der Waals surface area contributed by atoms with E-state index in [1.165, 1.54) is 0 Å². The van der Waals surface area contributed by atoms with Gasteiger partial charge >= 0.3 is 0 Å². The summed E-state index contributed by atoms with van der Waals surface area (Å²) in [6.45, 7) is 5.01. The van der Waals surface area contributed by atoms with E-state index in [2.05, 4.69) is 24.1 Å². The predicted molar refractivity (Wildman–Crippen MR) is 78.7 cm³/mol. The number of amides is 1. The van der Waals surface area contributed by atoms with E-state index in [9.17, 15) is 4.79 Å². The molecule has 1 unspecified atom stereocenters. The Morgan fingerprint density at radius 1 is 1.26 bits per heavy atom. The van der Waals surface area contributed by atoms with Crippen LogP contribution < -0.4 is 11.1 Å². The van der Waals surface area contributed by atoms with Gasteiger partial charge in [0, 0.05) is 12.6 Å². The Labute approximate surface area is 116 Å². The van der Waals surface area contributed by atoms with Crippen molar-refractivity contribution in [2.24, 2.45) is 11.7 Å². The number of nitrogens with zero attached hydrogens (tertiary/aromatic N) is 1. The smallest absolute Gasteiger partial charge is 0.241 e. The summed E-state index contributed by atoms with van der Waals surface area (Å²) in [6.07, 6.45) is 0. The molecule has 0 saturated heterocycles. The number of hydrogen-bond acceptors (Lipinski definition) is 3. The van der Waals surface area contributed by atoms with Crippen LogP contribution in [0.3, 0.4) is 0 Å². The molecule has 0 spiro atoms. The van der Waals surface area contributed by atoms with Crippen LogP contribution in [0, 0.1) is 5.92 Å². The highest BCUT2D eigenvalue weighted by atomic mass is 16.2. The van der Waals surface area contributed by atoms with E-state index in [1.807, 2.05) is 44.4 Å². The molecule has 0 heterocycles. The summed E-state index contributed by atoms with van der Waals surface area (Å²) in [4.78, 5) is 14.3. The maximum atomic E-state index is 12.2. The standard InChI is InChI=1S/C15H25N3O/c1-11(2)13(10-18(3)4)17-15(19)14(16)12-8-6-5-7-9-12/h5-9,11,13-14H,10,16H2,1-4H3,(H,17,19)/t13?,14-/m1/s1. The quantitative estimate of drug-likeness (QED) is 0.815. The van der Waals surface area contributed by atoms with Crippen LogP contribution in [0.4, 0.5) is 0 Å². The van der Waals surface area contributed by atoms with Crippen molar-refractivity contribution in [3.8, 4) is 0 Å². The molecule has 0 aliphatic carbocycles. The topological polar surface area (TPSA) is 58.4 Å². The molecule has 0 aromatic heterocycles. The molecule has 19 heavy (non-hydrogen) atoms. The van der Waals surface area contributed by atoms with Crippen LogP contribution in [0.2, 0.25) is 0 Å². The molecule has 0 saturated carbocycles. The van der Waals surface area contributed by atoms with E-state index >= 15 is 0 Å². The van der Waals surface area contributed by atoms with Gasteiger partial charge in [0.1, 0.15) is 6.04 Å². The van der Waals surface area contributed by atoms with Crippen molar-refractivity contribution in [2.75, 3.05) is 20.6 Å². The number of nitrogens with one attached hydrogen (secondary N) is 1. The van der Waals surface area contributed by atoms with Gasteiger partial charge in [0.05, 0.1) is 0 Å². The average molecular weight is 263 g/mol. The van der Waals surface area contributed by atoms with Crippen LogP contribution in [0.1, 0.15) is 25.5 Å². The van der Waals surface area contributed by atoms with Gasteiger partial charge in [0.15, 0.2) is 0 Å². The zero-order chi connectivity index (χ0) is 14.4. The minimum atomic E-state index is -0.607. The van der Waals surface area contributed by atoms with Crippen LogP contribution in [-0.2, 0) is 4.79 Å². The lowest BCUT2D eigenvalue weighted by atomic mass is 10.0. The van der Waals surface area contributed by atoms with Crippen LogP contribution in [0.15, 0.2) is 30.3 Å². The molecule has 106 valence electrons. The molecule has 0 radical (unpaired) electrons. The lowest BCUT2D eigenvalue weighted by Crippen LogP contribution is -2.48. The molecule has 0 aliphatic heterocycles. The first kappa shape index (κ1) is 15.7. The van der Waals surface area contributed by atoms with Gasteiger partial charge in [0.2, 0.25) is 5.91 Å². The summed E-state index contributed by atoms with van der Waals surface area (Å²) in [7, 11) is 4.00. The van der Waals surface area contributed by atoms with Gasteiger partial charge < -0.3 is 16.0 Å². The molecule has 0 bridgehead atoms. The Morgan fingerprint density at radius 3 is 2.32 bits per heavy atom. The molecular weight excluding hydrogens is 238 g/mol. The van der Waals surface area contributed by atoms with Crippen LogP contribution in [0.5, 0.6) is 0 Å². The zero-order valence-electron chi connectivity index (χ0n) is 12.3. The first-order valence-electron chi connectivity index (χ1n) is 6.67. The lowest BCUT2D eigenvalue weighted by molar-refractivity contribution is -0.123. The number of hydrogen-bond donors (Lipinski definition) is 2. The number of carbonyl (C=O) groups excluding carboxylic acids is 1. The van der Waals surface area contributed by atoms with Crippen LogP contribution >= 0.6 is 0 Å². The van der Waals surface area contributed by atoms with Crippen molar-refractivity contribution >= 4 is 5.91 Å². The van der Waals surface area contributed by atoms with Gasteiger partial charge in [-0.25, -0.2) is 0 Å². The van der Waals surface area contributed by atoms with Gasteiger partial charge in [-0.1, -0.05) is 44.2 Å². The first-order chi connectivity index (χ1) is 8.91. The highest BCUT2D eigenvalue weighted by Gasteiger charge is 2.21. The van der Waals surface area contributed by atoms with Crippen molar-refractivity contribution in [1.29, 1.82) is 0 Å². The molecule has 1 rings (SSSR count). The molecule has 4 heteroatoms. The Bertz CT molecular complexity index is 390. The van der Waals surface area contributed by atoms with Crippen LogP contribution in [-0.4, -0.2) is 37.5 Å². The van der Waals surface area contributed by atoms with Gasteiger partial charge in [-0.2, -0.15) is 0 Å². The molecule has 0 aliphatic rings. The Kier molecular flexibility index (Phi) is 5.99. The average Bonchev–Trinajstić information content (AvgIpc) is 2.37. The van der Waals surface area contributed by atoms with E-state index in [0.717, 1.165) is 12.1 Å². The van der Waals surface area contributed by atoms with Gasteiger partial charge in [-0.15, -0.1) is 0 Å². The summed E-state index contributed by atoms with van der Waals surface area (Å²) < 4.78 is 0. The largest absolute Gasteiger partial charge is 0.350 e. The van der Waals surface area contributed by atoms with Gasteiger partial charge in [-0.05, 0) is 25.6 Å². The Hall–Kier alpha value is -1.39. The van der Waals surface area contributed by atoms with Crippen molar-refractivity contribution in [3.05, 3.63) is 35.9 Å². The number of rotatable bonds is 6. The molecular formula is C15H25N3O. The maximum Gasteiger partial charge on any atom is 0.241 e. The van der Waals surface area contributed by atoms with Gasteiger partial charge in [0.25, 0.3) is 0 Å². The molecule has 3 N–H and O–H groups in total. The van der Waals surface area contributed by atoms with E-state index < -0.39 is 6.04 Å². The van der Waals surface area contributed by atoms with Crippen molar-refractivity contribution in [1.82, 2.24) is 10.2 Å². The Morgan fingerprint density at radius 2 is 1.84 bits per heavy atom. The summed E-state index contributed by atoms with van der Waals surface area (Å²) in [5.74, 6) is 0.251. The second-order valence-corrected chi connectivity index (χ2v) is 5.51. The molecule has 1 aromatic carbocycles. The third-order valence-electron chi connectivity index (χ3n) is 3.14. The van der Waals surface area contributed by atoms with Crippen molar-refractivity contribution in [2.45, 2.75) is 25.9 Å². The molecule has 1 amide bonds. The molecule has 1 aromatic rings. The van der Waals surface area contributed by atoms with E-state index in [4.69, 9.17) is 5.73 Å². The fourth-order valence-corrected chi connectivity index (χ4v) is 1.90. The Balaban J connectivity index is 2.66. The lowest BCUT2D eigenvalue weighted by Gasteiger charge is -2.27. The third-order valence-corrected chi connectivity index (χ3v) is 3.14. The normalized spacial score (nSPS) is 14.5. The van der Waals surface area contributed by atoms with E-state index in [1.54, 1.807) is 0 Å². The fourth-order valence-electron chi connectivity index (χ4n) is 1.90. The SMILES string of the molecule is CC(C)C(CN(C)C)NC(=O)[C@H](N)c1ccccc1. The minimum absolute atomic E-state index is 0.109. The van der Waals surface area contributed by atoms with Crippen LogP contribution in [0.25, 0.3) is 0 Å².